The number of carbonyl (C=O) groups is 1. The summed E-state index contributed by atoms with van der Waals surface area (Å²) in [5, 5.41) is 86.7. The first kappa shape index (κ1) is 63.8. The molecule has 2 saturated heterocycles. The summed E-state index contributed by atoms with van der Waals surface area (Å²) in [7, 11) is 0. The van der Waals surface area contributed by atoms with Crippen LogP contribution in [0.15, 0.2) is 12.2 Å². The van der Waals surface area contributed by atoms with Crippen LogP contribution in [0.5, 0.6) is 0 Å². The summed E-state index contributed by atoms with van der Waals surface area (Å²) in [5.74, 6) is -0.237. The van der Waals surface area contributed by atoms with Gasteiger partial charge in [0, 0.05) is 6.42 Å². The normalized spacial score (nSPS) is 26.2. The van der Waals surface area contributed by atoms with Gasteiger partial charge in [-0.05, 0) is 19.3 Å². The quantitative estimate of drug-likeness (QED) is 0.0206. The van der Waals surface area contributed by atoms with Gasteiger partial charge in [-0.25, -0.2) is 0 Å². The van der Waals surface area contributed by atoms with E-state index in [1.54, 1.807) is 6.08 Å². The van der Waals surface area contributed by atoms with Crippen LogP contribution in [0.1, 0.15) is 239 Å². The van der Waals surface area contributed by atoms with E-state index in [0.717, 1.165) is 38.5 Å². The zero-order valence-electron chi connectivity index (χ0n) is 43.6. The highest BCUT2D eigenvalue weighted by atomic mass is 16.7. The Kier molecular flexibility index (Phi) is 39.0. The van der Waals surface area contributed by atoms with E-state index < -0.39 is 86.8 Å². The van der Waals surface area contributed by atoms with Gasteiger partial charge in [-0.2, -0.15) is 0 Å². The molecule has 14 heteroatoms. The van der Waals surface area contributed by atoms with Crippen molar-refractivity contribution in [3.63, 3.8) is 0 Å². The Morgan fingerprint density at radius 3 is 1.33 bits per heavy atom. The Labute approximate surface area is 418 Å². The number of amides is 1. The first-order valence-corrected chi connectivity index (χ1v) is 28.4. The maximum absolute atomic E-state index is 13.2. The lowest BCUT2D eigenvalue weighted by Gasteiger charge is -2.46. The van der Waals surface area contributed by atoms with Crippen LogP contribution in [-0.2, 0) is 23.7 Å². The SMILES string of the molecule is CCCCCCCCC/C=C/C(O)C(COC1OC(CO)C(OC2OC(CO)C(O)C(O)C2O)C(O)C1O)NC(=O)CCCCCCCCCCCCCCCCCCCCCCCCCCCC. The minimum Gasteiger partial charge on any atom is -0.394 e. The van der Waals surface area contributed by atoms with Crippen molar-refractivity contribution in [3.8, 4) is 0 Å². The Morgan fingerprint density at radius 1 is 0.507 bits per heavy atom. The Bertz CT molecular complexity index is 1210. The van der Waals surface area contributed by atoms with E-state index in [9.17, 15) is 45.6 Å². The molecule has 2 rings (SSSR count). The number of ether oxygens (including phenoxy) is 4. The van der Waals surface area contributed by atoms with Crippen LogP contribution in [0.2, 0.25) is 0 Å². The molecule has 2 aliphatic rings. The maximum Gasteiger partial charge on any atom is 0.220 e. The van der Waals surface area contributed by atoms with Crippen molar-refractivity contribution in [1.82, 2.24) is 5.32 Å². The van der Waals surface area contributed by atoms with Gasteiger partial charge in [0.15, 0.2) is 12.6 Å². The van der Waals surface area contributed by atoms with Crippen molar-refractivity contribution in [3.05, 3.63) is 12.2 Å². The van der Waals surface area contributed by atoms with Crippen molar-refractivity contribution < 1.29 is 64.6 Å². The van der Waals surface area contributed by atoms with Crippen LogP contribution in [0.25, 0.3) is 0 Å². The molecule has 0 bridgehead atoms. The number of nitrogens with one attached hydrogen (secondary N) is 1. The molecule has 14 nitrogen and oxygen atoms in total. The highest BCUT2D eigenvalue weighted by molar-refractivity contribution is 5.76. The number of aliphatic hydroxyl groups is 8. The van der Waals surface area contributed by atoms with Crippen LogP contribution < -0.4 is 5.32 Å². The fourth-order valence-corrected chi connectivity index (χ4v) is 9.59. The van der Waals surface area contributed by atoms with Gasteiger partial charge in [0.2, 0.25) is 5.91 Å². The number of allylic oxidation sites excluding steroid dienone is 1. The van der Waals surface area contributed by atoms with E-state index in [4.69, 9.17) is 18.9 Å². The van der Waals surface area contributed by atoms with Crippen LogP contribution in [0.3, 0.4) is 0 Å². The van der Waals surface area contributed by atoms with Gasteiger partial charge in [0.05, 0.1) is 32.0 Å². The van der Waals surface area contributed by atoms with E-state index in [1.165, 1.54) is 173 Å². The van der Waals surface area contributed by atoms with Gasteiger partial charge in [0.25, 0.3) is 0 Å². The smallest absolute Gasteiger partial charge is 0.220 e. The van der Waals surface area contributed by atoms with Crippen molar-refractivity contribution >= 4 is 5.91 Å². The van der Waals surface area contributed by atoms with Crippen molar-refractivity contribution in [2.75, 3.05) is 19.8 Å². The monoisotopic (exact) mass is 988 g/mol. The Morgan fingerprint density at radius 2 is 0.899 bits per heavy atom. The lowest BCUT2D eigenvalue weighted by atomic mass is 9.97. The third kappa shape index (κ3) is 28.7. The topological polar surface area (TPSA) is 228 Å². The van der Waals surface area contributed by atoms with E-state index in [0.29, 0.717) is 6.42 Å². The van der Waals surface area contributed by atoms with Crippen LogP contribution in [-0.4, -0.2) is 140 Å². The standard InChI is InChI=1S/C55H105NO13/c1-3-5-7-9-11-13-14-15-16-17-18-19-20-21-22-23-24-25-26-27-28-29-31-33-35-37-39-47(60)56-43(44(59)38-36-34-32-30-12-10-8-6-4-2)42-66-54-52(65)50(63)53(46(41-58)68-54)69-55-51(64)49(62)48(61)45(40-57)67-55/h36,38,43-46,48-55,57-59,61-65H,3-35,37,39-42H2,1-2H3,(H,56,60)/b38-36+. The predicted octanol–water partition coefficient (Wildman–Crippen LogP) is 8.72. The average Bonchev–Trinajstić information content (AvgIpc) is 3.35. The number of hydrogen-bond donors (Lipinski definition) is 9. The van der Waals surface area contributed by atoms with Gasteiger partial charge in [-0.15, -0.1) is 0 Å². The van der Waals surface area contributed by atoms with Crippen molar-refractivity contribution in [1.29, 1.82) is 0 Å². The van der Waals surface area contributed by atoms with Crippen molar-refractivity contribution in [2.24, 2.45) is 0 Å². The van der Waals surface area contributed by atoms with Gasteiger partial charge in [-0.3, -0.25) is 4.79 Å². The van der Waals surface area contributed by atoms with E-state index in [2.05, 4.69) is 19.2 Å². The summed E-state index contributed by atoms with van der Waals surface area (Å²) in [6.07, 6.45) is 30.0. The number of rotatable bonds is 45. The molecule has 0 aliphatic carbocycles. The molecular formula is C55H105NO13. The molecule has 0 saturated carbocycles. The van der Waals surface area contributed by atoms with E-state index in [1.807, 2.05) is 6.08 Å². The number of carbonyl (C=O) groups excluding carboxylic acids is 1. The number of aliphatic hydroxyl groups excluding tert-OH is 8. The summed E-state index contributed by atoms with van der Waals surface area (Å²) in [6, 6.07) is -0.907. The molecule has 0 radical (unpaired) electrons. The molecule has 2 heterocycles. The molecule has 12 unspecified atom stereocenters. The lowest BCUT2D eigenvalue weighted by Crippen LogP contribution is -2.65. The summed E-state index contributed by atoms with van der Waals surface area (Å²) >= 11 is 0. The summed E-state index contributed by atoms with van der Waals surface area (Å²) < 4.78 is 22.7. The molecule has 0 aromatic carbocycles. The van der Waals surface area contributed by atoms with Crippen LogP contribution in [0, 0.1) is 0 Å². The van der Waals surface area contributed by atoms with Gasteiger partial charge in [0.1, 0.15) is 48.8 Å². The highest BCUT2D eigenvalue weighted by Gasteiger charge is 2.51. The Balaban J connectivity index is 1.67. The van der Waals surface area contributed by atoms with Gasteiger partial charge < -0.3 is 65.1 Å². The summed E-state index contributed by atoms with van der Waals surface area (Å²) in [4.78, 5) is 13.2. The van der Waals surface area contributed by atoms with Gasteiger partial charge in [-0.1, -0.05) is 225 Å². The number of unbranched alkanes of at least 4 members (excludes halogenated alkanes) is 32. The minimum atomic E-state index is -1.78. The first-order valence-electron chi connectivity index (χ1n) is 28.4. The second-order valence-electron chi connectivity index (χ2n) is 20.4. The second-order valence-corrected chi connectivity index (χ2v) is 20.4. The molecule has 408 valence electrons. The fraction of sp³-hybridized carbons (Fsp3) is 0.945. The largest absolute Gasteiger partial charge is 0.394 e. The second kappa shape index (κ2) is 42.1. The Hall–Kier alpha value is -1.27. The lowest BCUT2D eigenvalue weighted by molar-refractivity contribution is -0.359. The number of hydrogen-bond acceptors (Lipinski definition) is 13. The molecular weight excluding hydrogens is 883 g/mol. The summed E-state index contributed by atoms with van der Waals surface area (Å²) in [6.45, 7) is 2.77. The third-order valence-corrected chi connectivity index (χ3v) is 14.2. The molecule has 1 amide bonds. The average molecular weight is 988 g/mol. The molecule has 0 aromatic heterocycles. The van der Waals surface area contributed by atoms with Crippen molar-refractivity contribution in [2.45, 2.75) is 312 Å². The van der Waals surface area contributed by atoms with Crippen LogP contribution >= 0.6 is 0 Å². The van der Waals surface area contributed by atoms with E-state index in [-0.39, 0.29) is 18.9 Å². The van der Waals surface area contributed by atoms with E-state index >= 15 is 0 Å². The molecule has 69 heavy (non-hydrogen) atoms. The predicted molar refractivity (Wildman–Crippen MR) is 272 cm³/mol. The molecule has 0 aromatic rings. The first-order chi connectivity index (χ1) is 33.6. The molecule has 2 aliphatic heterocycles. The molecule has 2 fully saturated rings. The van der Waals surface area contributed by atoms with Gasteiger partial charge >= 0.3 is 0 Å². The van der Waals surface area contributed by atoms with Crippen LogP contribution in [0.4, 0.5) is 0 Å². The fourth-order valence-electron chi connectivity index (χ4n) is 9.59. The molecule has 9 N–H and O–H groups in total. The molecule has 12 atom stereocenters. The zero-order chi connectivity index (χ0) is 50.3. The maximum atomic E-state index is 13.2. The zero-order valence-corrected chi connectivity index (χ0v) is 43.6. The minimum absolute atomic E-state index is 0.237. The highest BCUT2D eigenvalue weighted by Crippen LogP contribution is 2.30. The summed E-state index contributed by atoms with van der Waals surface area (Å²) in [5.41, 5.74) is 0. The molecule has 0 spiro atoms. The third-order valence-electron chi connectivity index (χ3n) is 14.2.